The smallest absolute Gasteiger partial charge is 0.305 e. The summed E-state index contributed by atoms with van der Waals surface area (Å²) in [5.74, 6) is 0.893. The second-order valence-electron chi connectivity index (χ2n) is 2.70. The van der Waals surface area contributed by atoms with Crippen LogP contribution in [0.2, 0.25) is 5.02 Å². The maximum absolute atomic E-state index is 5.83. The van der Waals surface area contributed by atoms with Gasteiger partial charge in [0.05, 0.1) is 7.11 Å². The van der Waals surface area contributed by atoms with E-state index in [2.05, 4.69) is 4.98 Å². The average molecular weight is 210 g/mol. The lowest BCUT2D eigenvalue weighted by Gasteiger charge is -1.95. The Kier molecular flexibility index (Phi) is 2.41. The summed E-state index contributed by atoms with van der Waals surface area (Å²) >= 11 is 5.83. The van der Waals surface area contributed by atoms with Crippen molar-refractivity contribution in [3.05, 3.63) is 35.5 Å². The number of ether oxygens (including phenoxy) is 1. The van der Waals surface area contributed by atoms with E-state index < -0.39 is 0 Å². The first-order valence-electron chi connectivity index (χ1n) is 4.05. The van der Waals surface area contributed by atoms with Crippen LogP contribution in [0.1, 0.15) is 0 Å². The van der Waals surface area contributed by atoms with E-state index in [4.69, 9.17) is 20.8 Å². The fraction of sp³-hybridized carbons (Fsp3) is 0.100. The minimum atomic E-state index is 0.389. The Morgan fingerprint density at radius 3 is 2.93 bits per heavy atom. The number of aromatic nitrogens is 1. The van der Waals surface area contributed by atoms with E-state index in [0.29, 0.717) is 16.9 Å². The van der Waals surface area contributed by atoms with Crippen LogP contribution in [0.15, 0.2) is 34.9 Å². The van der Waals surface area contributed by atoms with Gasteiger partial charge < -0.3 is 9.15 Å². The summed E-state index contributed by atoms with van der Waals surface area (Å²) in [5, 5.41) is 0.652. The first kappa shape index (κ1) is 9.09. The highest BCUT2D eigenvalue weighted by Crippen LogP contribution is 2.24. The van der Waals surface area contributed by atoms with Crippen LogP contribution in [-0.2, 0) is 0 Å². The lowest BCUT2D eigenvalue weighted by atomic mass is 10.2. The molecule has 0 atom stereocenters. The lowest BCUT2D eigenvalue weighted by Crippen LogP contribution is -1.77. The third kappa shape index (κ3) is 1.72. The number of rotatable bonds is 2. The zero-order chi connectivity index (χ0) is 9.97. The van der Waals surface area contributed by atoms with Crippen LogP contribution < -0.4 is 4.74 Å². The van der Waals surface area contributed by atoms with Crippen molar-refractivity contribution in [1.29, 1.82) is 0 Å². The van der Waals surface area contributed by atoms with Gasteiger partial charge in [0.1, 0.15) is 6.20 Å². The molecule has 0 amide bonds. The number of nitrogens with zero attached hydrogens (tertiary/aromatic N) is 1. The Balaban J connectivity index is 2.39. The number of oxazole rings is 1. The highest BCUT2D eigenvalue weighted by atomic mass is 35.5. The zero-order valence-electron chi connectivity index (χ0n) is 7.53. The van der Waals surface area contributed by atoms with Crippen molar-refractivity contribution in [3.8, 4) is 17.4 Å². The monoisotopic (exact) mass is 209 g/mol. The van der Waals surface area contributed by atoms with Gasteiger partial charge in [0.15, 0.2) is 0 Å². The molecule has 0 aliphatic rings. The highest BCUT2D eigenvalue weighted by molar-refractivity contribution is 6.30. The molecule has 0 aliphatic heterocycles. The van der Waals surface area contributed by atoms with Gasteiger partial charge in [-0.3, -0.25) is 0 Å². The minimum Gasteiger partial charge on any atom is -0.467 e. The molecule has 1 aromatic heterocycles. The van der Waals surface area contributed by atoms with Gasteiger partial charge in [-0.15, -0.1) is 0 Å². The molecule has 0 saturated carbocycles. The number of hydrogen-bond acceptors (Lipinski definition) is 3. The van der Waals surface area contributed by atoms with Gasteiger partial charge in [0.25, 0.3) is 0 Å². The van der Waals surface area contributed by atoms with Crippen LogP contribution in [0.5, 0.6) is 5.95 Å². The molecule has 0 N–H and O–H groups in total. The molecule has 0 aliphatic carbocycles. The fourth-order valence-corrected chi connectivity index (χ4v) is 1.30. The molecule has 3 nitrogen and oxygen atoms in total. The molecule has 2 aromatic rings. The number of benzene rings is 1. The van der Waals surface area contributed by atoms with E-state index in [9.17, 15) is 0 Å². The normalized spacial score (nSPS) is 10.1. The standard InChI is InChI=1S/C10H8ClNO2/c1-13-9-6-12-10(14-9)7-3-2-4-8(11)5-7/h2-6H,1H3. The summed E-state index contributed by atoms with van der Waals surface area (Å²) in [7, 11) is 1.53. The van der Waals surface area contributed by atoms with Crippen LogP contribution in [0.25, 0.3) is 11.5 Å². The molecular weight excluding hydrogens is 202 g/mol. The Morgan fingerprint density at radius 1 is 1.43 bits per heavy atom. The maximum Gasteiger partial charge on any atom is 0.305 e. The lowest BCUT2D eigenvalue weighted by molar-refractivity contribution is 0.309. The average Bonchev–Trinajstić information content (AvgIpc) is 2.66. The minimum absolute atomic E-state index is 0.389. The van der Waals surface area contributed by atoms with Crippen molar-refractivity contribution in [3.63, 3.8) is 0 Å². The largest absolute Gasteiger partial charge is 0.467 e. The molecule has 2 rings (SSSR count). The second kappa shape index (κ2) is 3.72. The molecule has 0 spiro atoms. The van der Waals surface area contributed by atoms with Crippen molar-refractivity contribution in [2.45, 2.75) is 0 Å². The van der Waals surface area contributed by atoms with Crippen molar-refractivity contribution in [1.82, 2.24) is 4.98 Å². The number of halogens is 1. The van der Waals surface area contributed by atoms with Crippen molar-refractivity contribution in [2.24, 2.45) is 0 Å². The van der Waals surface area contributed by atoms with E-state index in [1.165, 1.54) is 13.3 Å². The molecule has 0 fully saturated rings. The molecule has 0 radical (unpaired) electrons. The van der Waals surface area contributed by atoms with Gasteiger partial charge in [-0.05, 0) is 18.2 Å². The van der Waals surface area contributed by atoms with E-state index in [-0.39, 0.29) is 0 Å². The van der Waals surface area contributed by atoms with E-state index >= 15 is 0 Å². The SMILES string of the molecule is COc1cnc(-c2cccc(Cl)c2)o1. The number of methoxy groups -OCH3 is 1. The summed E-state index contributed by atoms with van der Waals surface area (Å²) in [4.78, 5) is 4.05. The van der Waals surface area contributed by atoms with Crippen LogP contribution in [0.3, 0.4) is 0 Å². The molecular formula is C10H8ClNO2. The van der Waals surface area contributed by atoms with Crippen LogP contribution in [0.4, 0.5) is 0 Å². The summed E-state index contributed by atoms with van der Waals surface area (Å²) in [6.45, 7) is 0. The fourth-order valence-electron chi connectivity index (χ4n) is 1.11. The van der Waals surface area contributed by atoms with Gasteiger partial charge in [-0.1, -0.05) is 17.7 Å². The molecule has 0 saturated heterocycles. The van der Waals surface area contributed by atoms with E-state index in [0.717, 1.165) is 5.56 Å². The number of hydrogen-bond donors (Lipinski definition) is 0. The maximum atomic E-state index is 5.83. The topological polar surface area (TPSA) is 35.3 Å². The summed E-state index contributed by atoms with van der Waals surface area (Å²) in [6.07, 6.45) is 1.52. The molecule has 0 bridgehead atoms. The Labute approximate surface area is 86.3 Å². The predicted octanol–water partition coefficient (Wildman–Crippen LogP) is 3.00. The van der Waals surface area contributed by atoms with Gasteiger partial charge in [0.2, 0.25) is 5.89 Å². The summed E-state index contributed by atoms with van der Waals surface area (Å²) < 4.78 is 10.2. The van der Waals surface area contributed by atoms with Crippen LogP contribution in [-0.4, -0.2) is 12.1 Å². The molecule has 4 heteroatoms. The Morgan fingerprint density at radius 2 is 2.29 bits per heavy atom. The van der Waals surface area contributed by atoms with Crippen LogP contribution >= 0.6 is 11.6 Å². The quantitative estimate of drug-likeness (QED) is 0.763. The van der Waals surface area contributed by atoms with Crippen molar-refractivity contribution >= 4 is 11.6 Å². The summed E-state index contributed by atoms with van der Waals surface area (Å²) in [6, 6.07) is 7.30. The van der Waals surface area contributed by atoms with Crippen molar-refractivity contribution in [2.75, 3.05) is 7.11 Å². The van der Waals surface area contributed by atoms with Gasteiger partial charge >= 0.3 is 5.95 Å². The van der Waals surface area contributed by atoms with Gasteiger partial charge in [0, 0.05) is 10.6 Å². The van der Waals surface area contributed by atoms with Gasteiger partial charge in [-0.25, -0.2) is 4.98 Å². The molecule has 1 aromatic carbocycles. The Bertz CT molecular complexity index is 439. The molecule has 72 valence electrons. The van der Waals surface area contributed by atoms with Crippen molar-refractivity contribution < 1.29 is 9.15 Å². The third-order valence-electron chi connectivity index (χ3n) is 1.76. The molecule has 1 heterocycles. The van der Waals surface area contributed by atoms with Crippen LogP contribution in [0, 0.1) is 0 Å². The first-order chi connectivity index (χ1) is 6.79. The molecule has 14 heavy (non-hydrogen) atoms. The zero-order valence-corrected chi connectivity index (χ0v) is 8.28. The first-order valence-corrected chi connectivity index (χ1v) is 4.43. The molecule has 0 unspecified atom stereocenters. The van der Waals surface area contributed by atoms with E-state index in [1.54, 1.807) is 12.1 Å². The van der Waals surface area contributed by atoms with E-state index in [1.807, 2.05) is 12.1 Å². The predicted molar refractivity (Wildman–Crippen MR) is 53.5 cm³/mol. The van der Waals surface area contributed by atoms with Gasteiger partial charge in [-0.2, -0.15) is 0 Å². The second-order valence-corrected chi connectivity index (χ2v) is 3.14. The summed E-state index contributed by atoms with van der Waals surface area (Å²) in [5.41, 5.74) is 0.834. The Hall–Kier alpha value is -1.48. The third-order valence-corrected chi connectivity index (χ3v) is 1.99. The highest BCUT2D eigenvalue weighted by Gasteiger charge is 2.06.